The predicted molar refractivity (Wildman–Crippen MR) is 92.1 cm³/mol. The van der Waals surface area contributed by atoms with Crippen LogP contribution in [0, 0.1) is 5.82 Å². The maximum Gasteiger partial charge on any atom is 0.127 e. The molecule has 1 saturated carbocycles. The molecule has 0 spiro atoms. The van der Waals surface area contributed by atoms with Gasteiger partial charge >= 0.3 is 0 Å². The fourth-order valence-corrected chi connectivity index (χ4v) is 3.18. The number of pyridine rings is 1. The zero-order chi connectivity index (χ0) is 16.5. The number of nitrogens with zero attached hydrogens (tertiary/aromatic N) is 2. The van der Waals surface area contributed by atoms with Gasteiger partial charge in [0.05, 0.1) is 0 Å². The fourth-order valence-electron chi connectivity index (χ4n) is 3.18. The number of aromatic hydroxyl groups is 1. The Morgan fingerprint density at radius 1 is 1.08 bits per heavy atom. The van der Waals surface area contributed by atoms with Gasteiger partial charge in [0.15, 0.2) is 0 Å². The second-order valence-corrected chi connectivity index (χ2v) is 6.39. The molecule has 0 radical (unpaired) electrons. The van der Waals surface area contributed by atoms with Crippen molar-refractivity contribution >= 4 is 10.8 Å². The van der Waals surface area contributed by atoms with Gasteiger partial charge in [-0.25, -0.2) is 4.39 Å². The highest BCUT2D eigenvalue weighted by Crippen LogP contribution is 2.34. The molecule has 0 aliphatic heterocycles. The van der Waals surface area contributed by atoms with E-state index in [1.54, 1.807) is 24.5 Å². The summed E-state index contributed by atoms with van der Waals surface area (Å²) >= 11 is 0. The van der Waals surface area contributed by atoms with Crippen LogP contribution in [-0.2, 0) is 13.1 Å². The summed E-state index contributed by atoms with van der Waals surface area (Å²) in [6, 6.07) is 12.9. The molecule has 2 aromatic carbocycles. The average Bonchev–Trinajstić information content (AvgIpc) is 3.43. The van der Waals surface area contributed by atoms with Gasteiger partial charge in [-0.05, 0) is 36.4 Å². The normalized spacial score (nSPS) is 14.4. The molecule has 0 saturated heterocycles. The first-order chi connectivity index (χ1) is 11.7. The summed E-state index contributed by atoms with van der Waals surface area (Å²) in [7, 11) is 0. The monoisotopic (exact) mass is 322 g/mol. The molecule has 1 aliphatic rings. The van der Waals surface area contributed by atoms with Crippen LogP contribution in [-0.4, -0.2) is 21.0 Å². The molecule has 1 fully saturated rings. The third-order valence-electron chi connectivity index (χ3n) is 4.67. The van der Waals surface area contributed by atoms with Gasteiger partial charge in [-0.2, -0.15) is 0 Å². The van der Waals surface area contributed by atoms with E-state index in [9.17, 15) is 9.50 Å². The Labute approximate surface area is 140 Å². The number of benzene rings is 2. The zero-order valence-corrected chi connectivity index (χ0v) is 13.3. The van der Waals surface area contributed by atoms with Crippen molar-refractivity contribution in [3.63, 3.8) is 0 Å². The van der Waals surface area contributed by atoms with Crippen molar-refractivity contribution in [1.82, 2.24) is 9.88 Å². The Kier molecular flexibility index (Phi) is 3.90. The maximum absolute atomic E-state index is 14.0. The van der Waals surface area contributed by atoms with E-state index < -0.39 is 0 Å². The van der Waals surface area contributed by atoms with E-state index in [0.29, 0.717) is 24.7 Å². The molecule has 0 amide bonds. The summed E-state index contributed by atoms with van der Waals surface area (Å²) < 4.78 is 14.0. The Bertz CT molecular complexity index is 876. The van der Waals surface area contributed by atoms with E-state index in [4.69, 9.17) is 0 Å². The minimum Gasteiger partial charge on any atom is -0.508 e. The minimum absolute atomic E-state index is 0.174. The largest absolute Gasteiger partial charge is 0.508 e. The van der Waals surface area contributed by atoms with Crippen LogP contribution in [0.1, 0.15) is 24.0 Å². The number of fused-ring (bicyclic) bond motifs is 1. The van der Waals surface area contributed by atoms with E-state index in [2.05, 4.69) is 9.88 Å². The lowest BCUT2D eigenvalue weighted by molar-refractivity contribution is 0.240. The van der Waals surface area contributed by atoms with Crippen LogP contribution < -0.4 is 0 Å². The SMILES string of the molecule is Oc1ccc2ccncc2c1CN(Cc1ccccc1F)C1CC1. The number of rotatable bonds is 5. The summed E-state index contributed by atoms with van der Waals surface area (Å²) in [5.41, 5.74) is 1.56. The molecule has 1 aromatic heterocycles. The molecule has 3 nitrogen and oxygen atoms in total. The van der Waals surface area contributed by atoms with Gasteiger partial charge in [-0.1, -0.05) is 24.3 Å². The smallest absolute Gasteiger partial charge is 0.127 e. The van der Waals surface area contributed by atoms with Crippen molar-refractivity contribution in [2.75, 3.05) is 0 Å². The fraction of sp³-hybridized carbons (Fsp3) is 0.250. The van der Waals surface area contributed by atoms with Gasteiger partial charge in [-0.15, -0.1) is 0 Å². The molecule has 24 heavy (non-hydrogen) atoms. The second kappa shape index (κ2) is 6.21. The lowest BCUT2D eigenvalue weighted by Crippen LogP contribution is -2.25. The van der Waals surface area contributed by atoms with Gasteiger partial charge in [-0.3, -0.25) is 9.88 Å². The summed E-state index contributed by atoms with van der Waals surface area (Å²) in [4.78, 5) is 6.44. The van der Waals surface area contributed by atoms with E-state index >= 15 is 0 Å². The van der Waals surface area contributed by atoms with Crippen molar-refractivity contribution in [2.24, 2.45) is 0 Å². The van der Waals surface area contributed by atoms with Gasteiger partial charge in [0.1, 0.15) is 11.6 Å². The summed E-state index contributed by atoms with van der Waals surface area (Å²) in [6.07, 6.45) is 5.79. The Morgan fingerprint density at radius 2 is 1.92 bits per heavy atom. The standard InChI is InChI=1S/C20H19FN2O/c21-19-4-2-1-3-15(19)12-23(16-6-7-16)13-18-17-11-22-10-9-14(17)5-8-20(18)24/h1-5,8-11,16,24H,6-7,12-13H2. The summed E-state index contributed by atoms with van der Waals surface area (Å²) in [5.74, 6) is 0.0987. The van der Waals surface area contributed by atoms with Crippen molar-refractivity contribution in [3.8, 4) is 5.75 Å². The van der Waals surface area contributed by atoms with E-state index in [-0.39, 0.29) is 11.6 Å². The van der Waals surface area contributed by atoms with E-state index in [1.165, 1.54) is 6.07 Å². The predicted octanol–water partition coefficient (Wildman–Crippen LogP) is 4.24. The van der Waals surface area contributed by atoms with Gasteiger partial charge in [0.2, 0.25) is 0 Å². The topological polar surface area (TPSA) is 36.4 Å². The molecule has 0 bridgehead atoms. The number of phenols is 1. The van der Waals surface area contributed by atoms with Gasteiger partial charge < -0.3 is 5.11 Å². The first kappa shape index (κ1) is 15.1. The lowest BCUT2D eigenvalue weighted by Gasteiger charge is -2.23. The third kappa shape index (κ3) is 2.97. The molecule has 0 atom stereocenters. The first-order valence-electron chi connectivity index (χ1n) is 8.24. The number of phenolic OH excluding ortho intramolecular Hbond substituents is 1. The quantitative estimate of drug-likeness (QED) is 0.763. The van der Waals surface area contributed by atoms with Crippen LogP contribution in [0.2, 0.25) is 0 Å². The molecule has 4 rings (SSSR count). The molecular formula is C20H19FN2O. The highest BCUT2D eigenvalue weighted by molar-refractivity contribution is 5.86. The van der Waals surface area contributed by atoms with Crippen LogP contribution in [0.15, 0.2) is 54.9 Å². The Balaban J connectivity index is 1.67. The van der Waals surface area contributed by atoms with E-state index in [0.717, 1.165) is 29.2 Å². The average molecular weight is 322 g/mol. The second-order valence-electron chi connectivity index (χ2n) is 6.39. The first-order valence-corrected chi connectivity index (χ1v) is 8.24. The number of hydrogen-bond acceptors (Lipinski definition) is 3. The Morgan fingerprint density at radius 3 is 2.71 bits per heavy atom. The van der Waals surface area contributed by atoms with Crippen LogP contribution in [0.25, 0.3) is 10.8 Å². The molecule has 4 heteroatoms. The maximum atomic E-state index is 14.0. The molecule has 1 heterocycles. The molecular weight excluding hydrogens is 303 g/mol. The number of hydrogen-bond donors (Lipinski definition) is 1. The van der Waals surface area contributed by atoms with Crippen molar-refractivity contribution < 1.29 is 9.50 Å². The van der Waals surface area contributed by atoms with Crippen LogP contribution in [0.4, 0.5) is 4.39 Å². The number of halogens is 1. The molecule has 0 unspecified atom stereocenters. The summed E-state index contributed by atoms with van der Waals surface area (Å²) in [5, 5.41) is 12.4. The van der Waals surface area contributed by atoms with Crippen molar-refractivity contribution in [3.05, 3.63) is 71.8 Å². The van der Waals surface area contributed by atoms with Crippen LogP contribution in [0.3, 0.4) is 0 Å². The van der Waals surface area contributed by atoms with E-state index in [1.807, 2.05) is 24.3 Å². The molecule has 3 aromatic rings. The summed E-state index contributed by atoms with van der Waals surface area (Å²) in [6.45, 7) is 1.14. The minimum atomic E-state index is -0.174. The number of aromatic nitrogens is 1. The van der Waals surface area contributed by atoms with Gasteiger partial charge in [0, 0.05) is 48.0 Å². The van der Waals surface area contributed by atoms with Crippen LogP contribution in [0.5, 0.6) is 5.75 Å². The van der Waals surface area contributed by atoms with Gasteiger partial charge in [0.25, 0.3) is 0 Å². The lowest BCUT2D eigenvalue weighted by atomic mass is 10.0. The highest BCUT2D eigenvalue weighted by Gasteiger charge is 2.30. The zero-order valence-electron chi connectivity index (χ0n) is 13.3. The Hall–Kier alpha value is -2.46. The van der Waals surface area contributed by atoms with Crippen molar-refractivity contribution in [2.45, 2.75) is 32.0 Å². The van der Waals surface area contributed by atoms with Crippen molar-refractivity contribution in [1.29, 1.82) is 0 Å². The highest BCUT2D eigenvalue weighted by atomic mass is 19.1. The van der Waals surface area contributed by atoms with Crippen LogP contribution >= 0.6 is 0 Å². The molecule has 1 N–H and O–H groups in total. The third-order valence-corrected chi connectivity index (χ3v) is 4.67. The molecule has 1 aliphatic carbocycles. The molecule has 122 valence electrons.